The molecule has 0 atom stereocenters. The van der Waals surface area contributed by atoms with Gasteiger partial charge >= 0.3 is 5.97 Å². The molecule has 1 heterocycles. The fourth-order valence-corrected chi connectivity index (χ4v) is 1.43. The lowest BCUT2D eigenvalue weighted by Gasteiger charge is -2.03. The molecule has 0 aliphatic heterocycles. The fraction of sp³-hybridized carbons (Fsp3) is 0.545. The van der Waals surface area contributed by atoms with E-state index in [2.05, 4.69) is 13.8 Å². The smallest absolute Gasteiger partial charge is 0.303 e. The molecule has 0 aromatic carbocycles. The maximum atomic E-state index is 10.4. The lowest BCUT2D eigenvalue weighted by Crippen LogP contribution is -2.00. The van der Waals surface area contributed by atoms with Crippen molar-refractivity contribution in [1.82, 2.24) is 0 Å². The van der Waals surface area contributed by atoms with Crippen LogP contribution >= 0.6 is 0 Å². The van der Waals surface area contributed by atoms with E-state index in [0.717, 1.165) is 17.7 Å². The molecule has 78 valence electrons. The van der Waals surface area contributed by atoms with Gasteiger partial charge in [0.2, 0.25) is 0 Å². The molecule has 3 nitrogen and oxygen atoms in total. The van der Waals surface area contributed by atoms with Crippen LogP contribution in [0.1, 0.15) is 31.6 Å². The summed E-state index contributed by atoms with van der Waals surface area (Å²) in [6.45, 7) is 4.27. The fourth-order valence-electron chi connectivity index (χ4n) is 1.43. The number of carbonyl (C=O) groups is 1. The SMILES string of the molecule is CC(C)Cc1ccoc1CCC(=O)O. The van der Waals surface area contributed by atoms with E-state index in [1.165, 1.54) is 0 Å². The van der Waals surface area contributed by atoms with E-state index in [9.17, 15) is 4.79 Å². The summed E-state index contributed by atoms with van der Waals surface area (Å²) in [5.74, 6) is 0.606. The zero-order valence-electron chi connectivity index (χ0n) is 8.62. The number of hydrogen-bond donors (Lipinski definition) is 1. The Balaban J connectivity index is 2.58. The van der Waals surface area contributed by atoms with Crippen LogP contribution in [-0.2, 0) is 17.6 Å². The van der Waals surface area contributed by atoms with Crippen molar-refractivity contribution in [3.8, 4) is 0 Å². The van der Waals surface area contributed by atoms with Crippen LogP contribution in [0.2, 0.25) is 0 Å². The summed E-state index contributed by atoms with van der Waals surface area (Å²) in [4.78, 5) is 10.4. The molecule has 0 fully saturated rings. The number of aliphatic carboxylic acids is 1. The molecule has 0 saturated carbocycles. The molecule has 0 aliphatic carbocycles. The first-order valence-electron chi connectivity index (χ1n) is 4.86. The number of carboxylic acids is 1. The number of hydrogen-bond acceptors (Lipinski definition) is 2. The third-order valence-corrected chi connectivity index (χ3v) is 2.03. The van der Waals surface area contributed by atoms with E-state index in [-0.39, 0.29) is 6.42 Å². The van der Waals surface area contributed by atoms with Gasteiger partial charge in [-0.25, -0.2) is 0 Å². The highest BCUT2D eigenvalue weighted by molar-refractivity contribution is 5.67. The molecule has 0 aliphatic rings. The Labute approximate surface area is 83.7 Å². The maximum absolute atomic E-state index is 10.4. The normalized spacial score (nSPS) is 10.8. The minimum Gasteiger partial charge on any atom is -0.481 e. The van der Waals surface area contributed by atoms with Crippen LogP contribution in [-0.4, -0.2) is 11.1 Å². The van der Waals surface area contributed by atoms with Gasteiger partial charge in [-0.1, -0.05) is 13.8 Å². The van der Waals surface area contributed by atoms with Gasteiger partial charge in [-0.3, -0.25) is 4.79 Å². The summed E-state index contributed by atoms with van der Waals surface area (Å²) in [5.41, 5.74) is 1.14. The minimum atomic E-state index is -0.781. The molecule has 0 bridgehead atoms. The van der Waals surface area contributed by atoms with Gasteiger partial charge in [0.15, 0.2) is 0 Å². The standard InChI is InChI=1S/C11H16O3/c1-8(2)7-9-5-6-14-10(9)3-4-11(12)13/h5-6,8H,3-4,7H2,1-2H3,(H,12,13). The quantitative estimate of drug-likeness (QED) is 0.787. The Hall–Kier alpha value is -1.25. The van der Waals surface area contributed by atoms with Gasteiger partial charge < -0.3 is 9.52 Å². The molecular formula is C11H16O3. The lowest BCUT2D eigenvalue weighted by molar-refractivity contribution is -0.137. The first-order chi connectivity index (χ1) is 6.59. The number of carboxylic acid groups (broad SMARTS) is 1. The summed E-state index contributed by atoms with van der Waals surface area (Å²) in [6.07, 6.45) is 3.21. The Morgan fingerprint density at radius 2 is 2.29 bits per heavy atom. The molecule has 1 rings (SSSR count). The maximum Gasteiger partial charge on any atom is 0.303 e. The largest absolute Gasteiger partial charge is 0.481 e. The van der Waals surface area contributed by atoms with Gasteiger partial charge in [0.1, 0.15) is 5.76 Å². The van der Waals surface area contributed by atoms with Gasteiger partial charge in [0.25, 0.3) is 0 Å². The number of furan rings is 1. The van der Waals surface area contributed by atoms with Crippen LogP contribution in [0.25, 0.3) is 0 Å². The topological polar surface area (TPSA) is 50.4 Å². The first-order valence-corrected chi connectivity index (χ1v) is 4.86. The minimum absolute atomic E-state index is 0.138. The molecule has 1 aromatic rings. The van der Waals surface area contributed by atoms with Gasteiger partial charge in [0.05, 0.1) is 12.7 Å². The van der Waals surface area contributed by atoms with E-state index in [0.29, 0.717) is 12.3 Å². The van der Waals surface area contributed by atoms with Crippen molar-refractivity contribution < 1.29 is 14.3 Å². The van der Waals surface area contributed by atoms with Crippen LogP contribution in [0.15, 0.2) is 16.7 Å². The summed E-state index contributed by atoms with van der Waals surface area (Å²) in [6, 6.07) is 1.93. The lowest BCUT2D eigenvalue weighted by atomic mass is 10.0. The van der Waals surface area contributed by atoms with Crippen LogP contribution < -0.4 is 0 Å². The van der Waals surface area contributed by atoms with Gasteiger partial charge in [-0.05, 0) is 24.0 Å². The van der Waals surface area contributed by atoms with E-state index in [1.807, 2.05) is 6.07 Å². The van der Waals surface area contributed by atoms with Crippen molar-refractivity contribution in [3.63, 3.8) is 0 Å². The highest BCUT2D eigenvalue weighted by atomic mass is 16.4. The molecular weight excluding hydrogens is 180 g/mol. The number of aryl methyl sites for hydroxylation is 1. The van der Waals surface area contributed by atoms with Crippen LogP contribution in [0.4, 0.5) is 0 Å². The van der Waals surface area contributed by atoms with Gasteiger partial charge in [0, 0.05) is 6.42 Å². The second-order valence-electron chi connectivity index (χ2n) is 3.86. The summed E-state index contributed by atoms with van der Waals surface area (Å²) in [7, 11) is 0. The van der Waals surface area contributed by atoms with E-state index in [4.69, 9.17) is 9.52 Å². The van der Waals surface area contributed by atoms with Crippen molar-refractivity contribution >= 4 is 5.97 Å². The van der Waals surface area contributed by atoms with Gasteiger partial charge in [-0.2, -0.15) is 0 Å². The predicted octanol–water partition coefficient (Wildman–Crippen LogP) is 2.50. The molecule has 0 unspecified atom stereocenters. The number of rotatable bonds is 5. The molecule has 0 saturated heterocycles. The van der Waals surface area contributed by atoms with E-state index in [1.54, 1.807) is 6.26 Å². The predicted molar refractivity (Wildman–Crippen MR) is 53.2 cm³/mol. The van der Waals surface area contributed by atoms with Crippen LogP contribution in [0, 0.1) is 5.92 Å². The van der Waals surface area contributed by atoms with Crippen molar-refractivity contribution in [2.45, 2.75) is 33.1 Å². The second-order valence-corrected chi connectivity index (χ2v) is 3.86. The molecule has 1 N–H and O–H groups in total. The monoisotopic (exact) mass is 196 g/mol. The van der Waals surface area contributed by atoms with Crippen molar-refractivity contribution in [2.24, 2.45) is 5.92 Å². The van der Waals surface area contributed by atoms with Crippen molar-refractivity contribution in [3.05, 3.63) is 23.7 Å². The summed E-state index contributed by atoms with van der Waals surface area (Å²) >= 11 is 0. The third kappa shape index (κ3) is 3.24. The third-order valence-electron chi connectivity index (χ3n) is 2.03. The first kappa shape index (κ1) is 10.8. The van der Waals surface area contributed by atoms with Gasteiger partial charge in [-0.15, -0.1) is 0 Å². The van der Waals surface area contributed by atoms with E-state index >= 15 is 0 Å². The van der Waals surface area contributed by atoms with Crippen molar-refractivity contribution in [1.29, 1.82) is 0 Å². The average Bonchev–Trinajstić information content (AvgIpc) is 2.47. The highest BCUT2D eigenvalue weighted by Crippen LogP contribution is 2.16. The average molecular weight is 196 g/mol. The Kier molecular flexibility index (Phi) is 3.74. The zero-order valence-corrected chi connectivity index (χ0v) is 8.62. The molecule has 0 amide bonds. The second kappa shape index (κ2) is 4.84. The Morgan fingerprint density at radius 3 is 2.86 bits per heavy atom. The molecule has 1 aromatic heterocycles. The highest BCUT2D eigenvalue weighted by Gasteiger charge is 2.09. The summed E-state index contributed by atoms with van der Waals surface area (Å²) in [5, 5.41) is 8.54. The molecule has 0 spiro atoms. The van der Waals surface area contributed by atoms with Crippen molar-refractivity contribution in [2.75, 3.05) is 0 Å². The molecule has 14 heavy (non-hydrogen) atoms. The summed E-state index contributed by atoms with van der Waals surface area (Å²) < 4.78 is 5.25. The Bertz CT molecular complexity index is 299. The molecule has 3 heteroatoms. The zero-order chi connectivity index (χ0) is 10.6. The van der Waals surface area contributed by atoms with Crippen LogP contribution in [0.3, 0.4) is 0 Å². The molecule has 0 radical (unpaired) electrons. The van der Waals surface area contributed by atoms with Crippen LogP contribution in [0.5, 0.6) is 0 Å². The Morgan fingerprint density at radius 1 is 1.57 bits per heavy atom. The van der Waals surface area contributed by atoms with E-state index < -0.39 is 5.97 Å².